The van der Waals surface area contributed by atoms with E-state index in [1.807, 2.05) is 0 Å². The molecule has 21 heavy (non-hydrogen) atoms. The Hall–Kier alpha value is 0.220. The van der Waals surface area contributed by atoms with Crippen LogP contribution in [0.25, 0.3) is 0 Å². The number of hydrogen-bond donors (Lipinski definition) is 4. The second kappa shape index (κ2) is 8.75. The van der Waals surface area contributed by atoms with Crippen molar-refractivity contribution in [2.24, 2.45) is 0 Å². The number of unbranched alkanes of at least 4 members (excludes halogenated alkanes) is 5. The third kappa shape index (κ3) is 7.35. The van der Waals surface area contributed by atoms with E-state index < -0.39 is 20.9 Å². The maximum Gasteiger partial charge on any atom is 0.471 e. The first-order valence-electron chi connectivity index (χ1n) is 6.95. The molecule has 0 radical (unpaired) electrons. The minimum atomic E-state index is -5.04. The van der Waals surface area contributed by atoms with Crippen LogP contribution in [0.1, 0.15) is 51.9 Å². The van der Waals surface area contributed by atoms with Gasteiger partial charge in [-0.25, -0.2) is 4.57 Å². The van der Waals surface area contributed by atoms with Gasteiger partial charge in [0.05, 0.1) is 0 Å². The Morgan fingerprint density at radius 1 is 0.952 bits per heavy atom. The molecular formula is C11H27NO7P2. The largest absolute Gasteiger partial charge is 0.471 e. The molecule has 1 atom stereocenters. The summed E-state index contributed by atoms with van der Waals surface area (Å²) >= 11 is 0. The van der Waals surface area contributed by atoms with Crippen LogP contribution in [-0.4, -0.2) is 44.0 Å². The smallest absolute Gasteiger partial charge is 0.321 e. The van der Waals surface area contributed by atoms with E-state index >= 15 is 0 Å². The molecule has 0 rings (SSSR count). The van der Waals surface area contributed by atoms with Crippen LogP contribution >= 0.6 is 15.4 Å². The van der Waals surface area contributed by atoms with Gasteiger partial charge >= 0.3 is 15.4 Å². The van der Waals surface area contributed by atoms with Crippen molar-refractivity contribution in [3.8, 4) is 0 Å². The van der Waals surface area contributed by atoms with Crippen LogP contribution in [-0.2, 0) is 13.7 Å². The lowest BCUT2D eigenvalue weighted by Crippen LogP contribution is -2.45. The van der Waals surface area contributed by atoms with Crippen LogP contribution in [0, 0.1) is 0 Å². The van der Waals surface area contributed by atoms with Crippen molar-refractivity contribution in [2.75, 3.05) is 14.1 Å². The number of hydrogen-bond acceptors (Lipinski definition) is 4. The number of phosphoric acid groups is 1. The lowest BCUT2D eigenvalue weighted by molar-refractivity contribution is -0.0328. The fraction of sp³-hybridized carbons (Fsp3) is 1.00. The van der Waals surface area contributed by atoms with Crippen molar-refractivity contribution in [1.82, 2.24) is 4.90 Å². The van der Waals surface area contributed by atoms with Crippen molar-refractivity contribution < 1.29 is 33.2 Å². The minimum Gasteiger partial charge on any atom is -0.321 e. The summed E-state index contributed by atoms with van der Waals surface area (Å²) in [5.41, 5.74) is -2.29. The molecule has 1 unspecified atom stereocenters. The van der Waals surface area contributed by atoms with E-state index in [4.69, 9.17) is 9.79 Å². The molecule has 0 aromatic rings. The van der Waals surface area contributed by atoms with Gasteiger partial charge in [0.2, 0.25) is 5.47 Å². The number of nitrogens with zero attached hydrogens (tertiary/aromatic N) is 1. The maximum absolute atomic E-state index is 11.7. The van der Waals surface area contributed by atoms with Crippen molar-refractivity contribution in [1.29, 1.82) is 0 Å². The first-order valence-corrected chi connectivity index (χ1v) is 10.1. The van der Waals surface area contributed by atoms with E-state index in [1.165, 1.54) is 14.1 Å². The fourth-order valence-corrected chi connectivity index (χ4v) is 4.49. The van der Waals surface area contributed by atoms with Gasteiger partial charge in [0.15, 0.2) is 0 Å². The SMILES string of the molecule is CCCCCCCCC(OP(=O)(O)O)(N(C)C)P(=O)(O)O. The zero-order chi connectivity index (χ0) is 16.7. The topological polar surface area (TPSA) is 128 Å². The molecule has 0 heterocycles. The monoisotopic (exact) mass is 347 g/mol. The van der Waals surface area contributed by atoms with Crippen molar-refractivity contribution in [3.05, 3.63) is 0 Å². The van der Waals surface area contributed by atoms with E-state index in [1.54, 1.807) is 0 Å². The van der Waals surface area contributed by atoms with Gasteiger partial charge < -0.3 is 19.6 Å². The van der Waals surface area contributed by atoms with Gasteiger partial charge in [-0.05, 0) is 20.5 Å². The molecule has 0 saturated heterocycles. The molecule has 0 aliphatic rings. The molecule has 0 fully saturated rings. The normalized spacial score (nSPS) is 16.2. The summed E-state index contributed by atoms with van der Waals surface area (Å²) in [5.74, 6) is 0. The van der Waals surface area contributed by atoms with E-state index in [9.17, 15) is 18.9 Å². The standard InChI is InChI=1S/C11H27NO7P2/c1-4-5-6-7-8-9-10-11(12(2)3,20(13,14)15)19-21(16,17)18/h4-10H2,1-3H3,(H2,13,14,15)(H2,16,17,18). The van der Waals surface area contributed by atoms with Gasteiger partial charge in [-0.1, -0.05) is 39.0 Å². The molecule has 0 spiro atoms. The molecule has 8 nitrogen and oxygen atoms in total. The molecule has 0 saturated carbocycles. The van der Waals surface area contributed by atoms with Crippen molar-refractivity contribution >= 4 is 15.4 Å². The quantitative estimate of drug-likeness (QED) is 0.254. The summed E-state index contributed by atoms with van der Waals surface area (Å²) in [6.07, 6.45) is 5.10. The van der Waals surface area contributed by atoms with E-state index in [0.717, 1.165) is 37.0 Å². The third-order valence-corrected chi connectivity index (χ3v) is 5.58. The molecule has 0 aliphatic heterocycles. The predicted octanol–water partition coefficient (Wildman–Crippen LogP) is 2.24. The molecule has 4 N–H and O–H groups in total. The van der Waals surface area contributed by atoms with Gasteiger partial charge in [-0.3, -0.25) is 14.0 Å². The molecule has 0 amide bonds. The molecule has 0 aromatic heterocycles. The summed E-state index contributed by atoms with van der Waals surface area (Å²) in [6, 6.07) is 0. The summed E-state index contributed by atoms with van der Waals surface area (Å²) in [5, 5.41) is 0. The molecule has 128 valence electrons. The lowest BCUT2D eigenvalue weighted by Gasteiger charge is -2.39. The molecule has 0 aliphatic carbocycles. The van der Waals surface area contributed by atoms with Crippen molar-refractivity contribution in [3.63, 3.8) is 0 Å². The highest BCUT2D eigenvalue weighted by atomic mass is 31.2. The maximum atomic E-state index is 11.7. The van der Waals surface area contributed by atoms with Crippen molar-refractivity contribution in [2.45, 2.75) is 57.3 Å². The number of rotatable bonds is 11. The highest BCUT2D eigenvalue weighted by molar-refractivity contribution is 7.54. The third-order valence-electron chi connectivity index (χ3n) is 3.28. The Morgan fingerprint density at radius 3 is 1.81 bits per heavy atom. The van der Waals surface area contributed by atoms with Gasteiger partial charge in [-0.2, -0.15) is 0 Å². The first kappa shape index (κ1) is 21.2. The van der Waals surface area contributed by atoms with Crippen LogP contribution in [0.4, 0.5) is 0 Å². The van der Waals surface area contributed by atoms with Crippen LogP contribution in [0.15, 0.2) is 0 Å². The zero-order valence-electron chi connectivity index (χ0n) is 12.8. The van der Waals surface area contributed by atoms with E-state index in [-0.39, 0.29) is 6.42 Å². The molecule has 10 heteroatoms. The minimum absolute atomic E-state index is 0.151. The number of phosphoric ester groups is 1. The average Bonchev–Trinajstić information content (AvgIpc) is 2.28. The molecule has 0 bridgehead atoms. The Bertz CT molecular complexity index is 392. The summed E-state index contributed by atoms with van der Waals surface area (Å²) < 4.78 is 27.3. The Labute approximate surface area is 125 Å². The highest BCUT2D eigenvalue weighted by Gasteiger charge is 2.53. The average molecular weight is 347 g/mol. The summed E-state index contributed by atoms with van der Waals surface area (Å²) in [6.45, 7) is 2.08. The molecule has 0 aromatic carbocycles. The van der Waals surface area contributed by atoms with Gasteiger partial charge in [0, 0.05) is 6.42 Å². The van der Waals surface area contributed by atoms with E-state index in [2.05, 4.69) is 11.4 Å². The first-order chi connectivity index (χ1) is 9.46. The molecular weight excluding hydrogens is 320 g/mol. The fourth-order valence-electron chi connectivity index (χ4n) is 2.14. The second-order valence-corrected chi connectivity index (χ2v) is 8.23. The van der Waals surface area contributed by atoms with E-state index in [0.29, 0.717) is 6.42 Å². The summed E-state index contributed by atoms with van der Waals surface area (Å²) in [7, 11) is -7.30. The van der Waals surface area contributed by atoms with Crippen LogP contribution in [0.3, 0.4) is 0 Å². The van der Waals surface area contributed by atoms with Crippen LogP contribution < -0.4 is 0 Å². The van der Waals surface area contributed by atoms with Crippen LogP contribution in [0.5, 0.6) is 0 Å². The van der Waals surface area contributed by atoms with Crippen LogP contribution in [0.2, 0.25) is 0 Å². The zero-order valence-corrected chi connectivity index (χ0v) is 14.6. The summed E-state index contributed by atoms with van der Waals surface area (Å²) in [4.78, 5) is 38.0. The Balaban J connectivity index is 4.89. The highest BCUT2D eigenvalue weighted by Crippen LogP contribution is 2.61. The lowest BCUT2D eigenvalue weighted by atomic mass is 10.1. The predicted molar refractivity (Wildman–Crippen MR) is 79.6 cm³/mol. The Kier molecular flexibility index (Phi) is 8.84. The Morgan fingerprint density at radius 2 is 1.43 bits per heavy atom. The van der Waals surface area contributed by atoms with Gasteiger partial charge in [0.1, 0.15) is 0 Å². The van der Waals surface area contributed by atoms with Gasteiger partial charge in [-0.15, -0.1) is 0 Å². The second-order valence-electron chi connectivity index (χ2n) is 5.28. The van der Waals surface area contributed by atoms with Gasteiger partial charge in [0.25, 0.3) is 0 Å².